The predicted molar refractivity (Wildman–Crippen MR) is 148 cm³/mol. The van der Waals surface area contributed by atoms with Crippen LogP contribution in [0.15, 0.2) is 76.7 Å². The zero-order valence-electron chi connectivity index (χ0n) is 20.8. The Morgan fingerprint density at radius 1 is 0.973 bits per heavy atom. The maximum absolute atomic E-state index is 12.5. The van der Waals surface area contributed by atoms with Crippen molar-refractivity contribution >= 4 is 52.4 Å². The molecule has 1 amide bonds. The smallest absolute Gasteiger partial charge is 0.305 e. The van der Waals surface area contributed by atoms with Crippen molar-refractivity contribution in [3.05, 3.63) is 78.2 Å². The zero-order chi connectivity index (χ0) is 25.9. The lowest BCUT2D eigenvalue weighted by Crippen LogP contribution is -2.11. The average molecular weight is 515 g/mol. The number of H-pyrrole nitrogens is 1. The van der Waals surface area contributed by atoms with Crippen LogP contribution in [0, 0.1) is 0 Å². The van der Waals surface area contributed by atoms with Gasteiger partial charge in [0, 0.05) is 34.2 Å². The topological polar surface area (TPSA) is 97.0 Å². The van der Waals surface area contributed by atoms with E-state index in [0.29, 0.717) is 12.8 Å². The molecule has 2 heterocycles. The molecule has 0 aliphatic carbocycles. The van der Waals surface area contributed by atoms with Crippen molar-refractivity contribution in [3.63, 3.8) is 0 Å². The van der Waals surface area contributed by atoms with Gasteiger partial charge < -0.3 is 10.1 Å². The van der Waals surface area contributed by atoms with Gasteiger partial charge in [-0.15, -0.1) is 0 Å². The van der Waals surface area contributed by atoms with Crippen LogP contribution in [0.25, 0.3) is 23.1 Å². The van der Waals surface area contributed by atoms with Crippen LogP contribution in [-0.2, 0) is 14.3 Å². The summed E-state index contributed by atoms with van der Waals surface area (Å²) in [6.45, 7) is 0. The summed E-state index contributed by atoms with van der Waals surface area (Å²) in [5.74, 6) is -0.189. The van der Waals surface area contributed by atoms with Crippen LogP contribution in [0.3, 0.4) is 0 Å². The molecule has 0 saturated heterocycles. The van der Waals surface area contributed by atoms with Crippen molar-refractivity contribution in [3.8, 4) is 0 Å². The van der Waals surface area contributed by atoms with Gasteiger partial charge in [-0.2, -0.15) is 5.10 Å². The van der Waals surface area contributed by atoms with E-state index in [1.165, 1.54) is 7.11 Å². The summed E-state index contributed by atoms with van der Waals surface area (Å²) >= 11 is 1.60. The van der Waals surface area contributed by atoms with Gasteiger partial charge in [0.1, 0.15) is 0 Å². The van der Waals surface area contributed by atoms with E-state index in [4.69, 9.17) is 0 Å². The number of unbranched alkanes of at least 4 members (excludes halogenated alkanes) is 3. The maximum Gasteiger partial charge on any atom is 0.305 e. The Hall–Kier alpha value is -3.91. The Labute approximate surface area is 220 Å². The van der Waals surface area contributed by atoms with E-state index in [1.54, 1.807) is 18.0 Å². The van der Waals surface area contributed by atoms with Crippen LogP contribution >= 0.6 is 11.8 Å². The Balaban J connectivity index is 1.34. The first-order valence-electron chi connectivity index (χ1n) is 12.3. The molecule has 37 heavy (non-hydrogen) atoms. The molecule has 0 unspecified atom stereocenters. The number of amides is 1. The van der Waals surface area contributed by atoms with Gasteiger partial charge in [0.25, 0.3) is 0 Å². The minimum Gasteiger partial charge on any atom is -0.469 e. The van der Waals surface area contributed by atoms with E-state index >= 15 is 0 Å². The number of methoxy groups -OCH3 is 1. The molecule has 7 nitrogen and oxygen atoms in total. The van der Waals surface area contributed by atoms with Gasteiger partial charge in [0.2, 0.25) is 5.91 Å². The Bertz CT molecular complexity index is 1370. The largest absolute Gasteiger partial charge is 0.469 e. The van der Waals surface area contributed by atoms with Crippen molar-refractivity contribution in [2.75, 3.05) is 12.4 Å². The summed E-state index contributed by atoms with van der Waals surface area (Å²) < 4.78 is 4.65. The van der Waals surface area contributed by atoms with Crippen molar-refractivity contribution in [1.29, 1.82) is 0 Å². The number of fused-ring (bicyclic) bond motifs is 1. The van der Waals surface area contributed by atoms with E-state index in [-0.39, 0.29) is 11.9 Å². The second-order valence-corrected chi connectivity index (χ2v) is 9.66. The second-order valence-electron chi connectivity index (χ2n) is 8.54. The fourth-order valence-electron chi connectivity index (χ4n) is 3.86. The molecule has 0 aliphatic rings. The molecule has 4 rings (SSSR count). The van der Waals surface area contributed by atoms with Crippen LogP contribution in [0.5, 0.6) is 0 Å². The summed E-state index contributed by atoms with van der Waals surface area (Å²) in [6.07, 6.45) is 9.94. The SMILES string of the molecule is COC(=O)CCCCCCC(=O)Nc1ccccc1Sc1ccc2c(C=Cc3ccccn3)n[nH]c2c1. The van der Waals surface area contributed by atoms with Crippen LogP contribution in [-0.4, -0.2) is 34.2 Å². The minimum absolute atomic E-state index is 0.00521. The standard InChI is InChI=1S/C29H30N4O3S/c1-36-29(35)14-5-3-2-4-13-28(34)31-25-11-6-7-12-27(25)37-22-16-17-23-24(32-33-26(23)20-22)18-15-21-10-8-9-19-30-21/h6-12,15-20H,2-5,13-14H2,1H3,(H,31,34)(H,32,33). The highest BCUT2D eigenvalue weighted by Crippen LogP contribution is 2.35. The summed E-state index contributed by atoms with van der Waals surface area (Å²) in [5, 5.41) is 11.6. The van der Waals surface area contributed by atoms with Crippen molar-refractivity contribution in [1.82, 2.24) is 15.2 Å². The summed E-state index contributed by atoms with van der Waals surface area (Å²) in [7, 11) is 1.40. The predicted octanol–water partition coefficient (Wildman–Crippen LogP) is 6.73. The number of aromatic amines is 1. The lowest BCUT2D eigenvalue weighted by atomic mass is 10.1. The second kappa shape index (κ2) is 13.4. The number of carbonyl (C=O) groups excluding carboxylic acids is 2. The molecular formula is C29H30N4O3S. The highest BCUT2D eigenvalue weighted by atomic mass is 32.2. The molecule has 4 aromatic rings. The van der Waals surface area contributed by atoms with Gasteiger partial charge >= 0.3 is 5.97 Å². The molecule has 2 aromatic heterocycles. The number of pyridine rings is 1. The molecule has 8 heteroatoms. The molecule has 0 spiro atoms. The number of aromatic nitrogens is 3. The maximum atomic E-state index is 12.5. The van der Waals surface area contributed by atoms with E-state index in [9.17, 15) is 9.59 Å². The highest BCUT2D eigenvalue weighted by Gasteiger charge is 2.10. The van der Waals surface area contributed by atoms with Crippen LogP contribution in [0.2, 0.25) is 0 Å². The van der Waals surface area contributed by atoms with Crippen LogP contribution < -0.4 is 5.32 Å². The number of para-hydroxylation sites is 1. The number of ether oxygens (including phenoxy) is 1. The van der Waals surface area contributed by atoms with Crippen molar-refractivity contribution < 1.29 is 14.3 Å². The Morgan fingerprint density at radius 3 is 2.59 bits per heavy atom. The van der Waals surface area contributed by atoms with Crippen LogP contribution in [0.4, 0.5) is 5.69 Å². The number of nitrogens with zero attached hydrogens (tertiary/aromatic N) is 2. The number of carbonyl (C=O) groups is 2. The third kappa shape index (κ3) is 7.79. The first-order valence-corrected chi connectivity index (χ1v) is 13.1. The normalized spacial score (nSPS) is 11.2. The van der Waals surface area contributed by atoms with E-state index < -0.39 is 0 Å². The lowest BCUT2D eigenvalue weighted by Gasteiger charge is -2.11. The van der Waals surface area contributed by atoms with Gasteiger partial charge in [-0.05, 0) is 67.5 Å². The number of anilines is 1. The number of hydrogen-bond acceptors (Lipinski definition) is 6. The number of hydrogen-bond donors (Lipinski definition) is 2. The van der Waals surface area contributed by atoms with Gasteiger partial charge in [0.15, 0.2) is 0 Å². The van der Waals surface area contributed by atoms with Gasteiger partial charge in [-0.1, -0.05) is 42.8 Å². The van der Waals surface area contributed by atoms with E-state index in [0.717, 1.165) is 63.5 Å². The zero-order valence-corrected chi connectivity index (χ0v) is 21.6. The molecule has 0 fully saturated rings. The molecule has 190 valence electrons. The number of benzene rings is 2. The highest BCUT2D eigenvalue weighted by molar-refractivity contribution is 7.99. The molecule has 0 saturated carbocycles. The molecule has 0 aliphatic heterocycles. The third-order valence-electron chi connectivity index (χ3n) is 5.81. The number of nitrogens with one attached hydrogen (secondary N) is 2. The minimum atomic E-state index is -0.184. The summed E-state index contributed by atoms with van der Waals surface area (Å²) in [4.78, 5) is 30.0. The summed E-state index contributed by atoms with van der Waals surface area (Å²) in [6, 6.07) is 19.8. The number of esters is 1. The van der Waals surface area contributed by atoms with E-state index in [2.05, 4.69) is 43.4 Å². The molecule has 0 atom stereocenters. The van der Waals surface area contributed by atoms with Crippen molar-refractivity contribution in [2.24, 2.45) is 0 Å². The first kappa shape index (κ1) is 26.2. The molecule has 2 aromatic carbocycles. The fourth-order valence-corrected chi connectivity index (χ4v) is 4.80. The fraction of sp³-hybridized carbons (Fsp3) is 0.241. The molecule has 0 radical (unpaired) electrons. The average Bonchev–Trinajstić information content (AvgIpc) is 3.33. The Kier molecular flexibility index (Phi) is 9.48. The first-order chi connectivity index (χ1) is 18.1. The van der Waals surface area contributed by atoms with Crippen molar-refractivity contribution in [2.45, 2.75) is 48.3 Å². The van der Waals surface area contributed by atoms with Gasteiger partial charge in [-0.25, -0.2) is 0 Å². The lowest BCUT2D eigenvalue weighted by molar-refractivity contribution is -0.140. The molecule has 0 bridgehead atoms. The van der Waals surface area contributed by atoms with Gasteiger partial charge in [-0.3, -0.25) is 19.7 Å². The quantitative estimate of drug-likeness (QED) is 0.161. The third-order valence-corrected chi connectivity index (χ3v) is 6.88. The Morgan fingerprint density at radius 2 is 1.78 bits per heavy atom. The van der Waals surface area contributed by atoms with Crippen LogP contribution in [0.1, 0.15) is 49.9 Å². The number of rotatable bonds is 12. The summed E-state index contributed by atoms with van der Waals surface area (Å²) in [5.41, 5.74) is 3.48. The molecule has 2 N–H and O–H groups in total. The monoisotopic (exact) mass is 514 g/mol. The molecular weight excluding hydrogens is 484 g/mol. The van der Waals surface area contributed by atoms with Gasteiger partial charge in [0.05, 0.1) is 29.7 Å². The van der Waals surface area contributed by atoms with E-state index in [1.807, 2.05) is 54.6 Å².